The Morgan fingerprint density at radius 2 is 1.65 bits per heavy atom. The molecule has 2 rings (SSSR count). The summed E-state index contributed by atoms with van der Waals surface area (Å²) in [7, 11) is 0. The third-order valence-electron chi connectivity index (χ3n) is 6.74. The summed E-state index contributed by atoms with van der Waals surface area (Å²) in [4.78, 5) is 24.8. The maximum absolute atomic E-state index is 13.0. The highest BCUT2D eigenvalue weighted by molar-refractivity contribution is 5.97. The standard InChI is InChI=1S/C21H31NO4/c1-6-7-14-26-16-10-8-15(9-11-16)22-17(23)20(4)12-13-21(5,18(24)25)19(20,2)3/h8-11H,6-7,12-14H2,1-5H3,(H,22,23)(H,24,25). The highest BCUT2D eigenvalue weighted by Crippen LogP contribution is 2.63. The lowest BCUT2D eigenvalue weighted by atomic mass is 9.59. The molecule has 5 heteroatoms. The number of rotatable bonds is 7. The van der Waals surface area contributed by atoms with Gasteiger partial charge in [0.2, 0.25) is 5.91 Å². The van der Waals surface area contributed by atoms with Crippen LogP contribution in [0.5, 0.6) is 5.75 Å². The Morgan fingerprint density at radius 3 is 2.15 bits per heavy atom. The summed E-state index contributed by atoms with van der Waals surface area (Å²) in [6.07, 6.45) is 3.13. The van der Waals surface area contributed by atoms with Crippen molar-refractivity contribution in [2.75, 3.05) is 11.9 Å². The van der Waals surface area contributed by atoms with E-state index in [9.17, 15) is 14.7 Å². The van der Waals surface area contributed by atoms with Gasteiger partial charge in [-0.1, -0.05) is 34.1 Å². The van der Waals surface area contributed by atoms with Gasteiger partial charge in [-0.25, -0.2) is 0 Å². The SMILES string of the molecule is CCCCOc1ccc(NC(=O)C2(C)CCC(C)(C(=O)O)C2(C)C)cc1. The van der Waals surface area contributed by atoms with Gasteiger partial charge in [0, 0.05) is 5.69 Å². The van der Waals surface area contributed by atoms with E-state index in [0.717, 1.165) is 18.6 Å². The zero-order valence-electron chi connectivity index (χ0n) is 16.5. The highest BCUT2D eigenvalue weighted by Gasteiger charge is 2.64. The fraction of sp³-hybridized carbons (Fsp3) is 0.619. The zero-order valence-corrected chi connectivity index (χ0v) is 16.5. The number of anilines is 1. The molecule has 0 aromatic heterocycles. The number of aliphatic carboxylic acids is 1. The minimum absolute atomic E-state index is 0.132. The summed E-state index contributed by atoms with van der Waals surface area (Å²) in [5.74, 6) is -0.193. The van der Waals surface area contributed by atoms with Crippen LogP contribution in [0.15, 0.2) is 24.3 Å². The molecule has 144 valence electrons. The van der Waals surface area contributed by atoms with Crippen molar-refractivity contribution in [3.05, 3.63) is 24.3 Å². The quantitative estimate of drug-likeness (QED) is 0.689. The molecule has 0 saturated heterocycles. The fourth-order valence-electron chi connectivity index (χ4n) is 3.74. The van der Waals surface area contributed by atoms with Gasteiger partial charge in [0.15, 0.2) is 0 Å². The molecule has 1 aliphatic carbocycles. The van der Waals surface area contributed by atoms with E-state index >= 15 is 0 Å². The Kier molecular flexibility index (Phi) is 5.69. The number of nitrogens with one attached hydrogen (secondary N) is 1. The first kappa shape index (κ1) is 20.3. The van der Waals surface area contributed by atoms with Gasteiger partial charge in [0.1, 0.15) is 5.75 Å². The highest BCUT2D eigenvalue weighted by atomic mass is 16.5. The van der Waals surface area contributed by atoms with Crippen molar-refractivity contribution in [3.8, 4) is 5.75 Å². The van der Waals surface area contributed by atoms with Crippen LogP contribution in [0.2, 0.25) is 0 Å². The van der Waals surface area contributed by atoms with Crippen LogP contribution in [-0.4, -0.2) is 23.6 Å². The largest absolute Gasteiger partial charge is 0.494 e. The molecule has 0 heterocycles. The normalized spacial score (nSPS) is 27.1. The van der Waals surface area contributed by atoms with Crippen molar-refractivity contribution in [2.24, 2.45) is 16.2 Å². The monoisotopic (exact) mass is 361 g/mol. The Labute approximate surface area is 156 Å². The number of unbranched alkanes of at least 4 members (excludes halogenated alkanes) is 1. The summed E-state index contributed by atoms with van der Waals surface area (Å²) >= 11 is 0. The number of carboxylic acid groups (broad SMARTS) is 1. The molecule has 0 spiro atoms. The summed E-state index contributed by atoms with van der Waals surface area (Å²) in [5, 5.41) is 12.6. The van der Waals surface area contributed by atoms with Crippen molar-refractivity contribution in [1.82, 2.24) is 0 Å². The Hall–Kier alpha value is -2.04. The lowest BCUT2D eigenvalue weighted by Gasteiger charge is -2.44. The van der Waals surface area contributed by atoms with E-state index in [1.54, 1.807) is 6.92 Å². The number of carboxylic acids is 1. The number of benzene rings is 1. The molecule has 0 aliphatic heterocycles. The van der Waals surface area contributed by atoms with E-state index in [4.69, 9.17) is 4.74 Å². The topological polar surface area (TPSA) is 75.6 Å². The first-order chi connectivity index (χ1) is 12.1. The number of hydrogen-bond acceptors (Lipinski definition) is 3. The molecule has 1 aromatic carbocycles. The smallest absolute Gasteiger partial charge is 0.309 e. The van der Waals surface area contributed by atoms with E-state index in [-0.39, 0.29) is 5.91 Å². The molecular weight excluding hydrogens is 330 g/mol. The molecule has 1 aromatic rings. The van der Waals surface area contributed by atoms with Gasteiger partial charge in [-0.3, -0.25) is 9.59 Å². The first-order valence-corrected chi connectivity index (χ1v) is 9.36. The van der Waals surface area contributed by atoms with Crippen LogP contribution in [0.25, 0.3) is 0 Å². The number of carbonyl (C=O) groups excluding carboxylic acids is 1. The summed E-state index contributed by atoms with van der Waals surface area (Å²) < 4.78 is 5.63. The minimum atomic E-state index is -0.921. The molecule has 1 amide bonds. The average molecular weight is 361 g/mol. The van der Waals surface area contributed by atoms with E-state index in [0.29, 0.717) is 25.1 Å². The van der Waals surface area contributed by atoms with E-state index < -0.39 is 22.2 Å². The number of ether oxygens (including phenoxy) is 1. The molecule has 0 radical (unpaired) electrons. The van der Waals surface area contributed by atoms with Crippen molar-refractivity contribution in [3.63, 3.8) is 0 Å². The van der Waals surface area contributed by atoms with Crippen LogP contribution in [0.3, 0.4) is 0 Å². The predicted octanol–water partition coefficient (Wildman–Crippen LogP) is 4.72. The maximum Gasteiger partial charge on any atom is 0.309 e. The number of amides is 1. The van der Waals surface area contributed by atoms with Crippen LogP contribution >= 0.6 is 0 Å². The summed E-state index contributed by atoms with van der Waals surface area (Å²) in [5.41, 5.74) is -1.65. The molecule has 0 bridgehead atoms. The summed E-state index contributed by atoms with van der Waals surface area (Å²) in [6, 6.07) is 7.32. The second kappa shape index (κ2) is 7.29. The zero-order chi connectivity index (χ0) is 19.6. The van der Waals surface area contributed by atoms with E-state index in [1.807, 2.05) is 45.0 Å². The van der Waals surface area contributed by atoms with Gasteiger partial charge in [-0.2, -0.15) is 0 Å². The second-order valence-corrected chi connectivity index (χ2v) is 8.27. The lowest BCUT2D eigenvalue weighted by Crippen LogP contribution is -2.49. The second-order valence-electron chi connectivity index (χ2n) is 8.27. The van der Waals surface area contributed by atoms with Gasteiger partial charge >= 0.3 is 5.97 Å². The van der Waals surface area contributed by atoms with Crippen molar-refractivity contribution < 1.29 is 19.4 Å². The summed E-state index contributed by atoms with van der Waals surface area (Å²) in [6.45, 7) is 10.2. The average Bonchev–Trinajstić information content (AvgIpc) is 2.79. The Morgan fingerprint density at radius 1 is 1.08 bits per heavy atom. The van der Waals surface area contributed by atoms with Gasteiger partial charge < -0.3 is 15.2 Å². The predicted molar refractivity (Wildman–Crippen MR) is 102 cm³/mol. The third kappa shape index (κ3) is 3.31. The van der Waals surface area contributed by atoms with Crippen LogP contribution in [-0.2, 0) is 9.59 Å². The third-order valence-corrected chi connectivity index (χ3v) is 6.74. The van der Waals surface area contributed by atoms with Crippen LogP contribution in [0.1, 0.15) is 60.3 Å². The molecule has 2 atom stereocenters. The number of hydrogen-bond donors (Lipinski definition) is 2. The Balaban J connectivity index is 2.11. The first-order valence-electron chi connectivity index (χ1n) is 9.36. The van der Waals surface area contributed by atoms with E-state index in [2.05, 4.69) is 12.2 Å². The lowest BCUT2D eigenvalue weighted by molar-refractivity contribution is -0.157. The molecule has 26 heavy (non-hydrogen) atoms. The molecule has 1 fully saturated rings. The van der Waals surface area contributed by atoms with Crippen molar-refractivity contribution in [2.45, 2.75) is 60.3 Å². The fourth-order valence-corrected chi connectivity index (χ4v) is 3.74. The molecule has 2 N–H and O–H groups in total. The van der Waals surface area contributed by atoms with Crippen LogP contribution in [0, 0.1) is 16.2 Å². The molecule has 2 unspecified atom stereocenters. The van der Waals surface area contributed by atoms with Gasteiger partial charge in [-0.15, -0.1) is 0 Å². The van der Waals surface area contributed by atoms with Crippen molar-refractivity contribution >= 4 is 17.6 Å². The number of carbonyl (C=O) groups is 2. The van der Waals surface area contributed by atoms with Crippen molar-refractivity contribution in [1.29, 1.82) is 0 Å². The van der Waals surface area contributed by atoms with E-state index in [1.165, 1.54) is 0 Å². The molecule has 1 aliphatic rings. The minimum Gasteiger partial charge on any atom is -0.494 e. The van der Waals surface area contributed by atoms with Gasteiger partial charge in [0.05, 0.1) is 17.4 Å². The maximum atomic E-state index is 13.0. The molecule has 5 nitrogen and oxygen atoms in total. The molecule has 1 saturated carbocycles. The van der Waals surface area contributed by atoms with Gasteiger partial charge in [-0.05, 0) is 55.9 Å². The Bertz CT molecular complexity index is 667. The molecular formula is C21H31NO4. The van der Waals surface area contributed by atoms with Crippen LogP contribution in [0.4, 0.5) is 5.69 Å². The van der Waals surface area contributed by atoms with Crippen LogP contribution < -0.4 is 10.1 Å². The van der Waals surface area contributed by atoms with Gasteiger partial charge in [0.25, 0.3) is 0 Å².